The number of aromatic nitrogens is 3. The molecule has 3 rings (SSSR count). The van der Waals surface area contributed by atoms with Gasteiger partial charge in [-0.15, -0.1) is 0 Å². The van der Waals surface area contributed by atoms with Crippen LogP contribution in [0.1, 0.15) is 19.4 Å². The average Bonchev–Trinajstić information content (AvgIpc) is 2.59. The first-order valence-electron chi connectivity index (χ1n) is 7.56. The number of benzene rings is 1. The van der Waals surface area contributed by atoms with Crippen molar-refractivity contribution in [2.75, 3.05) is 5.32 Å². The van der Waals surface area contributed by atoms with Crippen LogP contribution in [0.3, 0.4) is 0 Å². The van der Waals surface area contributed by atoms with E-state index in [1.54, 1.807) is 49.5 Å². The van der Waals surface area contributed by atoms with Crippen molar-refractivity contribution in [3.8, 4) is 0 Å². The fourth-order valence-corrected chi connectivity index (χ4v) is 2.61. The lowest BCUT2D eigenvalue weighted by Crippen LogP contribution is -2.42. The van der Waals surface area contributed by atoms with Crippen LogP contribution in [-0.2, 0) is 4.79 Å². The molecule has 0 radical (unpaired) electrons. The van der Waals surface area contributed by atoms with E-state index in [-0.39, 0.29) is 0 Å². The standard InChI is InChI=1S/C17H16N4O3/c1-2-14(15(22)19-11-6-5-9-18-10-11)21-16(23)12-7-3-4-8-13(12)20-17(21)24/h3-10,14H,2H2,1H3,(H,19,22)(H,20,24). The van der Waals surface area contributed by atoms with Gasteiger partial charge >= 0.3 is 5.69 Å². The summed E-state index contributed by atoms with van der Waals surface area (Å²) in [6, 6.07) is 9.18. The number of anilines is 1. The Morgan fingerprint density at radius 3 is 2.75 bits per heavy atom. The zero-order chi connectivity index (χ0) is 17.1. The predicted octanol–water partition coefficient (Wildman–Crippen LogP) is 1.67. The van der Waals surface area contributed by atoms with E-state index in [0.717, 1.165) is 4.57 Å². The normalized spacial score (nSPS) is 12.0. The molecule has 122 valence electrons. The fourth-order valence-electron chi connectivity index (χ4n) is 2.61. The number of nitrogens with zero attached hydrogens (tertiary/aromatic N) is 2. The Bertz CT molecular complexity index is 992. The van der Waals surface area contributed by atoms with Crippen molar-refractivity contribution in [2.24, 2.45) is 0 Å². The molecule has 2 N–H and O–H groups in total. The van der Waals surface area contributed by atoms with Gasteiger partial charge in [0.2, 0.25) is 5.91 Å². The summed E-state index contributed by atoms with van der Waals surface area (Å²) in [6.07, 6.45) is 3.39. The van der Waals surface area contributed by atoms with Gasteiger partial charge in [0.1, 0.15) is 6.04 Å². The molecule has 1 amide bonds. The topological polar surface area (TPSA) is 96.8 Å². The lowest BCUT2D eigenvalue weighted by molar-refractivity contribution is -0.119. The molecule has 2 aromatic heterocycles. The number of para-hydroxylation sites is 1. The predicted molar refractivity (Wildman–Crippen MR) is 91.0 cm³/mol. The van der Waals surface area contributed by atoms with Crippen LogP contribution in [0.5, 0.6) is 0 Å². The Labute approximate surface area is 137 Å². The first-order chi connectivity index (χ1) is 11.6. The van der Waals surface area contributed by atoms with Gasteiger partial charge in [-0.25, -0.2) is 9.36 Å². The van der Waals surface area contributed by atoms with Gasteiger partial charge in [0, 0.05) is 6.20 Å². The second-order valence-electron chi connectivity index (χ2n) is 5.31. The first-order valence-corrected chi connectivity index (χ1v) is 7.56. The highest BCUT2D eigenvalue weighted by atomic mass is 16.2. The van der Waals surface area contributed by atoms with Crippen LogP contribution in [0.2, 0.25) is 0 Å². The van der Waals surface area contributed by atoms with Crippen LogP contribution in [0.15, 0.2) is 58.4 Å². The number of fused-ring (bicyclic) bond motifs is 1. The molecule has 1 aromatic carbocycles. The SMILES string of the molecule is CCC(C(=O)Nc1cccnc1)n1c(=O)[nH]c2ccccc2c1=O. The average molecular weight is 324 g/mol. The minimum Gasteiger partial charge on any atom is -0.323 e. The maximum absolute atomic E-state index is 12.7. The second kappa shape index (κ2) is 6.49. The van der Waals surface area contributed by atoms with E-state index in [9.17, 15) is 14.4 Å². The summed E-state index contributed by atoms with van der Waals surface area (Å²) in [7, 11) is 0. The summed E-state index contributed by atoms with van der Waals surface area (Å²) in [6.45, 7) is 1.74. The highest BCUT2D eigenvalue weighted by molar-refractivity contribution is 5.93. The van der Waals surface area contributed by atoms with Gasteiger partial charge in [-0.2, -0.15) is 0 Å². The Kier molecular flexibility index (Phi) is 4.24. The molecule has 24 heavy (non-hydrogen) atoms. The van der Waals surface area contributed by atoms with Crippen molar-refractivity contribution in [1.82, 2.24) is 14.5 Å². The van der Waals surface area contributed by atoms with Gasteiger partial charge in [-0.05, 0) is 30.7 Å². The Morgan fingerprint density at radius 2 is 2.04 bits per heavy atom. The van der Waals surface area contributed by atoms with Crippen molar-refractivity contribution in [3.63, 3.8) is 0 Å². The summed E-state index contributed by atoms with van der Waals surface area (Å²) < 4.78 is 0.966. The number of pyridine rings is 1. The van der Waals surface area contributed by atoms with Crippen LogP contribution in [0.25, 0.3) is 10.9 Å². The van der Waals surface area contributed by atoms with Gasteiger partial charge in [-0.1, -0.05) is 19.1 Å². The van der Waals surface area contributed by atoms with E-state index >= 15 is 0 Å². The van der Waals surface area contributed by atoms with E-state index in [4.69, 9.17) is 0 Å². The molecule has 1 atom stereocenters. The van der Waals surface area contributed by atoms with Crippen LogP contribution >= 0.6 is 0 Å². The first kappa shape index (κ1) is 15.7. The molecule has 7 nitrogen and oxygen atoms in total. The Hall–Kier alpha value is -3.22. The highest BCUT2D eigenvalue weighted by Gasteiger charge is 2.23. The molecular weight excluding hydrogens is 308 g/mol. The third-order valence-electron chi connectivity index (χ3n) is 3.77. The minimum atomic E-state index is -0.911. The summed E-state index contributed by atoms with van der Waals surface area (Å²) in [5, 5.41) is 3.05. The van der Waals surface area contributed by atoms with Crippen molar-refractivity contribution in [1.29, 1.82) is 0 Å². The van der Waals surface area contributed by atoms with E-state index in [1.807, 2.05) is 0 Å². The molecule has 0 aliphatic rings. The Morgan fingerprint density at radius 1 is 1.25 bits per heavy atom. The number of carbonyl (C=O) groups excluding carboxylic acids is 1. The maximum atomic E-state index is 12.7. The quantitative estimate of drug-likeness (QED) is 0.763. The lowest BCUT2D eigenvalue weighted by Gasteiger charge is -2.17. The monoisotopic (exact) mass is 324 g/mol. The molecule has 0 aliphatic carbocycles. The number of aromatic amines is 1. The number of hydrogen-bond donors (Lipinski definition) is 2. The van der Waals surface area contributed by atoms with Gasteiger partial charge < -0.3 is 10.3 Å². The molecule has 0 spiro atoms. The third kappa shape index (κ3) is 2.83. The second-order valence-corrected chi connectivity index (χ2v) is 5.31. The van der Waals surface area contributed by atoms with Gasteiger partial charge in [0.15, 0.2) is 0 Å². The van der Waals surface area contributed by atoms with E-state index in [0.29, 0.717) is 23.0 Å². The van der Waals surface area contributed by atoms with E-state index < -0.39 is 23.2 Å². The smallest absolute Gasteiger partial charge is 0.323 e. The molecule has 0 aliphatic heterocycles. The highest BCUT2D eigenvalue weighted by Crippen LogP contribution is 2.13. The van der Waals surface area contributed by atoms with Crippen LogP contribution in [0.4, 0.5) is 5.69 Å². The van der Waals surface area contributed by atoms with Crippen molar-refractivity contribution in [3.05, 3.63) is 69.6 Å². The molecule has 1 unspecified atom stereocenters. The number of H-pyrrole nitrogens is 1. The van der Waals surface area contributed by atoms with Gasteiger partial charge in [0.25, 0.3) is 5.56 Å². The summed E-state index contributed by atoms with van der Waals surface area (Å²) in [4.78, 5) is 44.1. The van der Waals surface area contributed by atoms with Gasteiger partial charge in [0.05, 0.1) is 22.8 Å². The number of hydrogen-bond acceptors (Lipinski definition) is 4. The van der Waals surface area contributed by atoms with Crippen LogP contribution < -0.4 is 16.6 Å². The molecule has 3 aromatic rings. The third-order valence-corrected chi connectivity index (χ3v) is 3.77. The molecule has 7 heteroatoms. The van der Waals surface area contributed by atoms with Gasteiger partial charge in [-0.3, -0.25) is 14.6 Å². The van der Waals surface area contributed by atoms with Crippen LogP contribution in [0, 0.1) is 0 Å². The summed E-state index contributed by atoms with van der Waals surface area (Å²) in [5.74, 6) is -0.437. The molecular formula is C17H16N4O3. The number of rotatable bonds is 4. The molecule has 0 saturated carbocycles. The van der Waals surface area contributed by atoms with Crippen molar-refractivity contribution < 1.29 is 4.79 Å². The molecule has 0 bridgehead atoms. The van der Waals surface area contributed by atoms with Crippen molar-refractivity contribution in [2.45, 2.75) is 19.4 Å². The van der Waals surface area contributed by atoms with E-state index in [1.165, 1.54) is 6.20 Å². The van der Waals surface area contributed by atoms with Crippen molar-refractivity contribution >= 4 is 22.5 Å². The molecule has 2 heterocycles. The zero-order valence-corrected chi connectivity index (χ0v) is 13.0. The largest absolute Gasteiger partial charge is 0.329 e. The molecule has 0 fully saturated rings. The zero-order valence-electron chi connectivity index (χ0n) is 13.0. The van der Waals surface area contributed by atoms with Crippen LogP contribution in [-0.4, -0.2) is 20.4 Å². The summed E-state index contributed by atoms with van der Waals surface area (Å²) >= 11 is 0. The maximum Gasteiger partial charge on any atom is 0.329 e. The number of nitrogens with one attached hydrogen (secondary N) is 2. The number of carbonyl (C=O) groups is 1. The molecule has 0 saturated heterocycles. The lowest BCUT2D eigenvalue weighted by atomic mass is 10.2. The Balaban J connectivity index is 2.05. The van der Waals surface area contributed by atoms with E-state index in [2.05, 4.69) is 15.3 Å². The fraction of sp³-hybridized carbons (Fsp3) is 0.176. The minimum absolute atomic E-state index is 0.299. The number of amides is 1. The summed E-state index contributed by atoms with van der Waals surface area (Å²) in [5.41, 5.74) is -0.132.